The number of carbonyl (C=O) groups is 2. The number of amides is 1. The van der Waals surface area contributed by atoms with Gasteiger partial charge in [0.15, 0.2) is 0 Å². The molecule has 0 saturated heterocycles. The lowest BCUT2D eigenvalue weighted by Gasteiger charge is -2.31. The second-order valence-electron chi connectivity index (χ2n) is 5.38. The first-order valence-corrected chi connectivity index (χ1v) is 7.22. The van der Waals surface area contributed by atoms with Crippen LogP contribution in [-0.2, 0) is 9.53 Å². The van der Waals surface area contributed by atoms with Crippen molar-refractivity contribution in [2.45, 2.75) is 37.7 Å². The van der Waals surface area contributed by atoms with Crippen LogP contribution in [0.1, 0.15) is 27.2 Å². The smallest absolute Gasteiger partial charge is 0.419 e. The van der Waals surface area contributed by atoms with Gasteiger partial charge in [-0.2, -0.15) is 0 Å². The van der Waals surface area contributed by atoms with E-state index in [4.69, 9.17) is 4.74 Å². The molecule has 1 heterocycles. The summed E-state index contributed by atoms with van der Waals surface area (Å²) < 4.78 is 5.43. The fraction of sp³-hybridized carbons (Fsp3) is 0.333. The van der Waals surface area contributed by atoms with Crippen LogP contribution in [0.4, 0.5) is 10.5 Å². The highest BCUT2D eigenvalue weighted by molar-refractivity contribution is 8.02. The van der Waals surface area contributed by atoms with Crippen LogP contribution in [0.3, 0.4) is 0 Å². The van der Waals surface area contributed by atoms with Gasteiger partial charge in [0.25, 0.3) is 0 Å². The first-order chi connectivity index (χ1) is 9.42. The van der Waals surface area contributed by atoms with Crippen LogP contribution >= 0.6 is 11.8 Å². The maximum absolute atomic E-state index is 12.4. The number of hydrogen-bond donors (Lipinski definition) is 0. The predicted molar refractivity (Wildman–Crippen MR) is 79.8 cm³/mol. The quantitative estimate of drug-likeness (QED) is 0.774. The van der Waals surface area contributed by atoms with E-state index in [-0.39, 0.29) is 6.42 Å². The molecule has 1 amide bonds. The van der Waals surface area contributed by atoms with Crippen molar-refractivity contribution >= 4 is 29.8 Å². The molecule has 106 valence electrons. The molecule has 1 aromatic carbocycles. The highest BCUT2D eigenvalue weighted by Crippen LogP contribution is 2.39. The zero-order valence-electron chi connectivity index (χ0n) is 11.8. The minimum absolute atomic E-state index is 0.181. The zero-order valence-corrected chi connectivity index (χ0v) is 12.6. The molecule has 5 heteroatoms. The van der Waals surface area contributed by atoms with Gasteiger partial charge in [-0.05, 0) is 38.3 Å². The van der Waals surface area contributed by atoms with Crippen molar-refractivity contribution in [2.75, 3.05) is 4.90 Å². The van der Waals surface area contributed by atoms with Crippen molar-refractivity contribution in [3.05, 3.63) is 35.4 Å². The molecule has 0 aliphatic carbocycles. The third-order valence-corrected chi connectivity index (χ3v) is 3.57. The number of benzene rings is 1. The van der Waals surface area contributed by atoms with Gasteiger partial charge in [-0.3, -0.25) is 0 Å². The van der Waals surface area contributed by atoms with Gasteiger partial charge < -0.3 is 9.53 Å². The molecule has 0 bridgehead atoms. The number of rotatable bonds is 2. The Morgan fingerprint density at radius 3 is 2.70 bits per heavy atom. The molecule has 4 nitrogen and oxygen atoms in total. The molecule has 0 aromatic heterocycles. The highest BCUT2D eigenvalue weighted by Gasteiger charge is 2.29. The third kappa shape index (κ3) is 3.22. The minimum atomic E-state index is -0.580. The molecule has 1 aromatic rings. The summed E-state index contributed by atoms with van der Waals surface area (Å²) in [6.45, 7) is 5.45. The SMILES string of the molecule is CC(C)(C)OC(=O)N1C(CC=O)=CSc2ccccc21. The zero-order chi connectivity index (χ0) is 14.8. The maximum Gasteiger partial charge on any atom is 0.419 e. The first kappa shape index (κ1) is 14.7. The van der Waals surface area contributed by atoms with E-state index in [9.17, 15) is 9.59 Å². The van der Waals surface area contributed by atoms with Crippen LogP contribution in [0.25, 0.3) is 0 Å². The Bertz CT molecular complexity index is 560. The Morgan fingerprint density at radius 2 is 2.05 bits per heavy atom. The summed E-state index contributed by atoms with van der Waals surface area (Å²) in [7, 11) is 0. The number of nitrogens with zero attached hydrogens (tertiary/aromatic N) is 1. The molecular formula is C15H17NO3S. The van der Waals surface area contributed by atoms with Crippen molar-refractivity contribution in [2.24, 2.45) is 0 Å². The molecular weight excluding hydrogens is 274 g/mol. The Balaban J connectivity index is 2.37. The lowest BCUT2D eigenvalue weighted by molar-refractivity contribution is -0.107. The van der Waals surface area contributed by atoms with Crippen molar-refractivity contribution in [3.8, 4) is 0 Å². The summed E-state index contributed by atoms with van der Waals surface area (Å²) in [4.78, 5) is 25.7. The van der Waals surface area contributed by atoms with E-state index in [0.717, 1.165) is 16.9 Å². The number of fused-ring (bicyclic) bond motifs is 1. The maximum atomic E-state index is 12.4. The van der Waals surface area contributed by atoms with E-state index in [0.29, 0.717) is 5.70 Å². The van der Waals surface area contributed by atoms with Gasteiger partial charge in [0, 0.05) is 17.0 Å². The number of thioether (sulfide) groups is 1. The van der Waals surface area contributed by atoms with Gasteiger partial charge in [0.05, 0.1) is 5.69 Å². The van der Waals surface area contributed by atoms with Gasteiger partial charge in [-0.15, -0.1) is 0 Å². The molecule has 1 aliphatic heterocycles. The fourth-order valence-corrected chi connectivity index (χ4v) is 2.73. The molecule has 0 radical (unpaired) electrons. The third-order valence-electron chi connectivity index (χ3n) is 2.58. The Labute approximate surface area is 122 Å². The summed E-state index contributed by atoms with van der Waals surface area (Å²) in [5.74, 6) is 0. The summed E-state index contributed by atoms with van der Waals surface area (Å²) in [5.41, 5.74) is 0.812. The van der Waals surface area contributed by atoms with Crippen molar-refractivity contribution in [1.82, 2.24) is 0 Å². The van der Waals surface area contributed by atoms with Crippen LogP contribution < -0.4 is 4.90 Å². The molecule has 1 aliphatic rings. The summed E-state index contributed by atoms with van der Waals surface area (Å²) in [5, 5.41) is 1.82. The van der Waals surface area contributed by atoms with E-state index in [2.05, 4.69) is 0 Å². The molecule has 0 spiro atoms. The molecule has 0 unspecified atom stereocenters. The molecule has 0 saturated carbocycles. The average Bonchev–Trinajstić information content (AvgIpc) is 2.36. The summed E-state index contributed by atoms with van der Waals surface area (Å²) in [6.07, 6.45) is 0.511. The van der Waals surface area contributed by atoms with E-state index in [1.54, 1.807) is 0 Å². The molecule has 0 fully saturated rings. The Kier molecular flexibility index (Phi) is 4.18. The van der Waals surface area contributed by atoms with Crippen molar-refractivity contribution in [3.63, 3.8) is 0 Å². The molecule has 0 atom stereocenters. The number of ether oxygens (including phenoxy) is 1. The van der Waals surface area contributed by atoms with Gasteiger partial charge in [0.1, 0.15) is 11.9 Å². The standard InChI is InChI=1S/C15H17NO3S/c1-15(2,3)19-14(18)16-11(8-9-17)10-20-13-7-5-4-6-12(13)16/h4-7,9-10H,8H2,1-3H3. The number of hydrogen-bond acceptors (Lipinski definition) is 4. The van der Waals surface area contributed by atoms with E-state index in [1.807, 2.05) is 50.4 Å². The predicted octanol–water partition coefficient (Wildman–Crippen LogP) is 3.96. The second kappa shape index (κ2) is 5.71. The molecule has 20 heavy (non-hydrogen) atoms. The lowest BCUT2D eigenvalue weighted by Crippen LogP contribution is -2.37. The van der Waals surface area contributed by atoms with Crippen molar-refractivity contribution in [1.29, 1.82) is 0 Å². The minimum Gasteiger partial charge on any atom is -0.443 e. The number of anilines is 1. The van der Waals surface area contributed by atoms with Crippen LogP contribution in [0.2, 0.25) is 0 Å². The van der Waals surface area contributed by atoms with Crippen LogP contribution in [0.15, 0.2) is 40.3 Å². The van der Waals surface area contributed by atoms with Crippen molar-refractivity contribution < 1.29 is 14.3 Å². The Morgan fingerprint density at radius 1 is 1.35 bits per heavy atom. The summed E-state index contributed by atoms with van der Waals surface area (Å²) >= 11 is 1.51. The van der Waals surface area contributed by atoms with Crippen LogP contribution in [0.5, 0.6) is 0 Å². The lowest BCUT2D eigenvalue weighted by atomic mass is 10.2. The van der Waals surface area contributed by atoms with Gasteiger partial charge >= 0.3 is 6.09 Å². The second-order valence-corrected chi connectivity index (χ2v) is 6.29. The van der Waals surface area contributed by atoms with Gasteiger partial charge in [-0.1, -0.05) is 23.9 Å². The average molecular weight is 291 g/mol. The monoisotopic (exact) mass is 291 g/mol. The topological polar surface area (TPSA) is 46.6 Å². The highest BCUT2D eigenvalue weighted by atomic mass is 32.2. The van der Waals surface area contributed by atoms with Gasteiger partial charge in [-0.25, -0.2) is 9.69 Å². The number of para-hydroxylation sites is 1. The Hall–Kier alpha value is -1.75. The van der Waals surface area contributed by atoms with E-state index in [1.165, 1.54) is 16.7 Å². The largest absolute Gasteiger partial charge is 0.443 e. The summed E-state index contributed by atoms with van der Waals surface area (Å²) in [6, 6.07) is 7.56. The first-order valence-electron chi connectivity index (χ1n) is 6.34. The van der Waals surface area contributed by atoms with E-state index >= 15 is 0 Å². The molecule has 2 rings (SSSR count). The number of aldehydes is 1. The van der Waals surface area contributed by atoms with Crippen LogP contribution in [-0.4, -0.2) is 18.0 Å². The normalized spacial score (nSPS) is 14.3. The van der Waals surface area contributed by atoms with Gasteiger partial charge in [0.2, 0.25) is 0 Å². The fourth-order valence-electron chi connectivity index (χ4n) is 1.83. The molecule has 0 N–H and O–H groups in total. The van der Waals surface area contributed by atoms with Crippen LogP contribution in [0, 0.1) is 0 Å². The number of carbonyl (C=O) groups excluding carboxylic acids is 2. The van der Waals surface area contributed by atoms with E-state index < -0.39 is 11.7 Å². The number of allylic oxidation sites excluding steroid dienone is 1.